The molecule has 1 N–H and O–H groups in total. The lowest BCUT2D eigenvalue weighted by molar-refractivity contribution is 0.0602. The zero-order chi connectivity index (χ0) is 47.0. The number of anilines is 2. The molecule has 0 bridgehead atoms. The number of rotatable bonds is 39. The molecule has 0 atom stereocenters. The summed E-state index contributed by atoms with van der Waals surface area (Å²) in [5.74, 6) is 0.785. The summed E-state index contributed by atoms with van der Waals surface area (Å²) in [6.07, 6.45) is 0. The van der Waals surface area contributed by atoms with Crippen LogP contribution in [-0.2, 0) is 56.8 Å². The Morgan fingerprint density at radius 2 is 0.848 bits per heavy atom. The minimum atomic E-state index is 0.131. The van der Waals surface area contributed by atoms with Crippen LogP contribution in [0.1, 0.15) is 0 Å². The molecular formula is C49H76N3O14+. The van der Waals surface area contributed by atoms with Gasteiger partial charge in [-0.3, -0.25) is 0 Å². The van der Waals surface area contributed by atoms with Gasteiger partial charge >= 0.3 is 0 Å². The average Bonchev–Trinajstić information content (AvgIpc) is 3.33. The third-order valence-electron chi connectivity index (χ3n) is 10.7. The monoisotopic (exact) mass is 931 g/mol. The van der Waals surface area contributed by atoms with Gasteiger partial charge in [-0.25, -0.2) is 4.58 Å². The number of methoxy groups -OCH3 is 6. The van der Waals surface area contributed by atoms with Crippen LogP contribution in [0, 0.1) is 0 Å². The predicted molar refractivity (Wildman–Crippen MR) is 256 cm³/mol. The number of nitrogens with zero attached hydrogens (tertiary/aromatic N) is 3. The Hall–Kier alpha value is -3.95. The van der Waals surface area contributed by atoms with E-state index in [1.807, 2.05) is 18.2 Å². The molecule has 2 aromatic rings. The first-order valence-electron chi connectivity index (χ1n) is 22.8. The van der Waals surface area contributed by atoms with Crippen LogP contribution in [-0.4, -0.2) is 206 Å². The van der Waals surface area contributed by atoms with Gasteiger partial charge < -0.3 is 76.2 Å². The fraction of sp³-hybridized carbons (Fsp3) is 0.612. The van der Waals surface area contributed by atoms with Crippen molar-refractivity contribution in [3.8, 4) is 28.2 Å². The highest BCUT2D eigenvalue weighted by molar-refractivity contribution is 6.04. The maximum atomic E-state index is 12.1. The molecular weight excluding hydrogens is 855 g/mol. The summed E-state index contributed by atoms with van der Waals surface area (Å²) < 4.78 is 75.5. The molecule has 1 aliphatic carbocycles. The summed E-state index contributed by atoms with van der Waals surface area (Å²) in [6, 6.07) is 18.2. The minimum Gasteiger partial charge on any atom is -0.507 e. The third-order valence-corrected chi connectivity index (χ3v) is 10.7. The topological polar surface area (TPSA) is 154 Å². The van der Waals surface area contributed by atoms with Crippen LogP contribution in [0.5, 0.6) is 5.75 Å². The zero-order valence-corrected chi connectivity index (χ0v) is 40.3. The highest BCUT2D eigenvalue weighted by atomic mass is 16.5. The molecule has 0 amide bonds. The first kappa shape index (κ1) is 54.7. The molecule has 0 spiro atoms. The van der Waals surface area contributed by atoms with Crippen molar-refractivity contribution in [1.29, 1.82) is 0 Å². The summed E-state index contributed by atoms with van der Waals surface area (Å²) in [5, 5.41) is 13.8. The number of hydrogen-bond donors (Lipinski definition) is 1. The number of aromatic hydroxyl groups is 1. The SMILES string of the molecule is COCCOCCN(CCOCCOC)c1ccc(-c2c3ccc(=[N+](CCOCCOC)CCOCCOC)cc-3oc3cc(N(CCOCCOC)CCOCCOC)ccc23)c(O)c1. The standard InChI is InChI=1S/C49H75N3O14/c1-54-25-31-60-19-13-50(14-20-61-32-26-55-2)40-7-10-43(46(53)37-40)49-44-11-8-41(51(15-21-62-33-27-56-3)16-22-63-34-28-57-4)38-47(44)66-48-39-42(9-12-45(48)49)52(17-23-64-35-29-58-5)18-24-65-36-30-59-6/h7-12,37-39H,13-36H2,1-6H3/p+1. The van der Waals surface area contributed by atoms with Crippen LogP contribution >= 0.6 is 0 Å². The van der Waals surface area contributed by atoms with Crippen molar-refractivity contribution in [2.24, 2.45) is 0 Å². The molecule has 0 fully saturated rings. The number of ether oxygens (including phenoxy) is 12. The van der Waals surface area contributed by atoms with Gasteiger partial charge in [0.05, 0.1) is 112 Å². The van der Waals surface area contributed by atoms with Crippen LogP contribution < -0.4 is 19.7 Å². The fourth-order valence-electron chi connectivity index (χ4n) is 7.10. The normalized spacial score (nSPS) is 11.6. The van der Waals surface area contributed by atoms with Gasteiger partial charge in [-0.05, 0) is 30.3 Å². The van der Waals surface area contributed by atoms with Gasteiger partial charge in [0.15, 0.2) is 13.1 Å². The van der Waals surface area contributed by atoms with E-state index in [0.29, 0.717) is 175 Å². The molecule has 1 aliphatic heterocycles. The largest absolute Gasteiger partial charge is 0.507 e. The Balaban J connectivity index is 1.84. The zero-order valence-electron chi connectivity index (χ0n) is 40.3. The van der Waals surface area contributed by atoms with E-state index in [2.05, 4.69) is 50.8 Å². The Kier molecular flexibility index (Phi) is 27.8. The van der Waals surface area contributed by atoms with Crippen LogP contribution in [0.15, 0.2) is 59.0 Å². The van der Waals surface area contributed by atoms with Gasteiger partial charge in [0, 0.05) is 120 Å². The summed E-state index contributed by atoms with van der Waals surface area (Å²) in [4.78, 5) is 4.37. The maximum Gasteiger partial charge on any atom is 0.203 e. The van der Waals surface area contributed by atoms with Crippen LogP contribution in [0.2, 0.25) is 0 Å². The second-order valence-electron chi connectivity index (χ2n) is 15.1. The Bertz CT molecular complexity index is 1890. The van der Waals surface area contributed by atoms with E-state index in [0.717, 1.165) is 33.2 Å². The van der Waals surface area contributed by atoms with Crippen molar-refractivity contribution < 1.29 is 66.4 Å². The van der Waals surface area contributed by atoms with Gasteiger partial charge in [-0.2, -0.15) is 0 Å². The van der Waals surface area contributed by atoms with Gasteiger partial charge in [0.25, 0.3) is 0 Å². The number of phenolic OH excluding ortho intramolecular Hbond substituents is 1. The molecule has 17 nitrogen and oxygen atoms in total. The molecule has 1 heterocycles. The molecule has 0 unspecified atom stereocenters. The number of hydrogen-bond acceptors (Lipinski definition) is 16. The van der Waals surface area contributed by atoms with E-state index < -0.39 is 0 Å². The molecule has 0 saturated carbocycles. The smallest absolute Gasteiger partial charge is 0.203 e. The number of phenols is 1. The Morgan fingerprint density at radius 3 is 1.29 bits per heavy atom. The van der Waals surface area contributed by atoms with Crippen LogP contribution in [0.25, 0.3) is 33.4 Å². The lowest BCUT2D eigenvalue weighted by Crippen LogP contribution is -2.36. The van der Waals surface area contributed by atoms with E-state index in [1.54, 1.807) is 42.7 Å². The first-order chi connectivity index (χ1) is 32.5. The van der Waals surface area contributed by atoms with Crippen molar-refractivity contribution in [3.63, 3.8) is 0 Å². The molecule has 0 radical (unpaired) electrons. The number of fused-ring (bicyclic) bond motifs is 2. The number of benzene rings is 3. The van der Waals surface area contributed by atoms with Crippen LogP contribution in [0.4, 0.5) is 11.4 Å². The highest BCUT2D eigenvalue weighted by Gasteiger charge is 2.23. The van der Waals surface area contributed by atoms with Crippen molar-refractivity contribution >= 4 is 22.3 Å². The van der Waals surface area contributed by atoms with Gasteiger partial charge in [-0.1, -0.05) is 0 Å². The molecule has 370 valence electrons. The maximum absolute atomic E-state index is 12.1. The molecule has 2 aromatic carbocycles. The summed E-state index contributed by atoms with van der Waals surface area (Å²) in [7, 11) is 9.96. The molecule has 4 rings (SSSR count). The summed E-state index contributed by atoms with van der Waals surface area (Å²) >= 11 is 0. The van der Waals surface area contributed by atoms with E-state index in [9.17, 15) is 5.11 Å². The van der Waals surface area contributed by atoms with Gasteiger partial charge in [0.2, 0.25) is 5.36 Å². The van der Waals surface area contributed by atoms with Crippen molar-refractivity contribution in [3.05, 3.63) is 60.0 Å². The molecule has 0 aromatic heterocycles. The molecule has 17 heteroatoms. The predicted octanol–water partition coefficient (Wildman–Crippen LogP) is 4.27. The second-order valence-corrected chi connectivity index (χ2v) is 15.1. The van der Waals surface area contributed by atoms with E-state index in [4.69, 9.17) is 61.3 Å². The lowest BCUT2D eigenvalue weighted by Gasteiger charge is -2.26. The molecule has 2 aliphatic rings. The van der Waals surface area contributed by atoms with Crippen molar-refractivity contribution in [2.45, 2.75) is 0 Å². The lowest BCUT2D eigenvalue weighted by atomic mass is 9.92. The first-order valence-corrected chi connectivity index (χ1v) is 22.8. The fourth-order valence-corrected chi connectivity index (χ4v) is 7.10. The molecule has 0 saturated heterocycles. The quantitative estimate of drug-likeness (QED) is 0.0385. The summed E-state index contributed by atoms with van der Waals surface area (Å²) in [5.41, 5.74) is 4.80. The van der Waals surface area contributed by atoms with Gasteiger partial charge in [-0.15, -0.1) is 0 Å². The van der Waals surface area contributed by atoms with E-state index >= 15 is 0 Å². The van der Waals surface area contributed by atoms with Gasteiger partial charge in [0.1, 0.15) is 30.3 Å². The Labute approximate surface area is 391 Å². The third kappa shape index (κ3) is 19.0. The average molecular weight is 931 g/mol. The highest BCUT2D eigenvalue weighted by Crippen LogP contribution is 2.44. The van der Waals surface area contributed by atoms with Crippen LogP contribution in [0.3, 0.4) is 0 Å². The Morgan fingerprint density at radius 1 is 0.439 bits per heavy atom. The van der Waals surface area contributed by atoms with E-state index in [-0.39, 0.29) is 5.75 Å². The molecule has 66 heavy (non-hydrogen) atoms. The second kappa shape index (κ2) is 33.5. The van der Waals surface area contributed by atoms with E-state index in [1.165, 1.54) is 0 Å². The minimum absolute atomic E-state index is 0.131. The van der Waals surface area contributed by atoms with Crippen molar-refractivity contribution in [1.82, 2.24) is 4.58 Å². The van der Waals surface area contributed by atoms with Crippen molar-refractivity contribution in [2.75, 3.05) is 211 Å². The summed E-state index contributed by atoms with van der Waals surface area (Å²) in [6.45, 7) is 12.7.